The monoisotopic (exact) mass is 892 g/mol. The van der Waals surface area contributed by atoms with Crippen LogP contribution >= 0.6 is 0 Å². The van der Waals surface area contributed by atoms with Crippen molar-refractivity contribution in [1.82, 2.24) is 5.32 Å². The zero-order valence-electron chi connectivity index (χ0n) is 39.7. The highest BCUT2D eigenvalue weighted by atomic mass is 16.7. The van der Waals surface area contributed by atoms with Crippen molar-refractivity contribution < 1.29 is 39.8 Å². The maximum Gasteiger partial charge on any atom is 0.220 e. The van der Waals surface area contributed by atoms with Gasteiger partial charge in [-0.1, -0.05) is 187 Å². The lowest BCUT2D eigenvalue weighted by molar-refractivity contribution is -0.302. The van der Waals surface area contributed by atoms with Gasteiger partial charge in [-0.15, -0.1) is 0 Å². The standard InChI is InChI=1S/C55H89NO8/c1-3-5-7-9-11-13-14-15-16-17-18-19-20-21-22-23-24-25-26-27-28-29-30-31-32-33-34-35-36-37-39-41-43-45-51(59)56-48(49(58)44-42-40-38-12-10-8-6-4-2)47-63-55-54(62)53(61)52(60)50(46-57)64-55/h5,7,10-13,15-16,18-19,21-22,24-25,27-28,30-31,42,44,48-50,52-55,57-58,60-62H,3-4,6,8-9,14,17,20,23,26,29,32-41,43,45-47H2,1-2H3,(H,56,59)/b7-5-,12-10+,13-11-,16-15-,19-18-,22-21-,25-24-,28-27-,31-30-,44-42+. The Morgan fingerprint density at radius 3 is 1.50 bits per heavy atom. The summed E-state index contributed by atoms with van der Waals surface area (Å²) < 4.78 is 11.1. The molecule has 0 spiro atoms. The fraction of sp³-hybridized carbons (Fsp3) is 0.618. The minimum absolute atomic E-state index is 0.206. The smallest absolute Gasteiger partial charge is 0.220 e. The van der Waals surface area contributed by atoms with Crippen molar-refractivity contribution in [3.63, 3.8) is 0 Å². The molecule has 7 atom stereocenters. The molecule has 0 saturated carbocycles. The topological polar surface area (TPSA) is 149 Å². The van der Waals surface area contributed by atoms with Crippen LogP contribution in [0, 0.1) is 0 Å². The molecule has 0 aromatic heterocycles. The third-order valence-corrected chi connectivity index (χ3v) is 10.8. The van der Waals surface area contributed by atoms with E-state index in [1.54, 1.807) is 6.08 Å². The van der Waals surface area contributed by atoms with E-state index in [4.69, 9.17) is 9.47 Å². The van der Waals surface area contributed by atoms with Crippen molar-refractivity contribution in [2.75, 3.05) is 13.2 Å². The predicted molar refractivity (Wildman–Crippen MR) is 267 cm³/mol. The number of rotatable bonds is 39. The Balaban J connectivity index is 2.18. The highest BCUT2D eigenvalue weighted by Gasteiger charge is 2.44. The number of carbonyl (C=O) groups excluding carboxylic acids is 1. The molecular weight excluding hydrogens is 803 g/mol. The van der Waals surface area contributed by atoms with Gasteiger partial charge in [0.25, 0.3) is 0 Å². The van der Waals surface area contributed by atoms with Crippen LogP contribution in [-0.4, -0.2) is 87.5 Å². The average Bonchev–Trinajstić information content (AvgIpc) is 3.29. The first kappa shape index (κ1) is 58.6. The number of allylic oxidation sites excluding steroid dienone is 19. The highest BCUT2D eigenvalue weighted by Crippen LogP contribution is 2.22. The van der Waals surface area contributed by atoms with Crippen LogP contribution in [0.25, 0.3) is 0 Å². The van der Waals surface area contributed by atoms with Gasteiger partial charge in [0, 0.05) is 6.42 Å². The van der Waals surface area contributed by atoms with Gasteiger partial charge in [-0.25, -0.2) is 0 Å². The fourth-order valence-electron chi connectivity index (χ4n) is 6.82. The fourth-order valence-corrected chi connectivity index (χ4v) is 6.82. The van der Waals surface area contributed by atoms with Gasteiger partial charge in [0.2, 0.25) is 5.91 Å². The molecule has 1 aliphatic rings. The summed E-state index contributed by atoms with van der Waals surface area (Å²) in [6.07, 6.45) is 58.5. The molecule has 1 aliphatic heterocycles. The number of aliphatic hydroxyl groups is 5. The lowest BCUT2D eigenvalue weighted by atomic mass is 9.99. The molecule has 0 aromatic carbocycles. The minimum Gasteiger partial charge on any atom is -0.394 e. The Kier molecular flexibility index (Phi) is 39.8. The first-order chi connectivity index (χ1) is 31.3. The van der Waals surface area contributed by atoms with Crippen LogP contribution in [0.1, 0.15) is 162 Å². The van der Waals surface area contributed by atoms with Crippen LogP contribution in [0.2, 0.25) is 0 Å². The molecule has 7 unspecified atom stereocenters. The summed E-state index contributed by atoms with van der Waals surface area (Å²) >= 11 is 0. The van der Waals surface area contributed by atoms with E-state index in [-0.39, 0.29) is 12.5 Å². The molecule has 64 heavy (non-hydrogen) atoms. The molecule has 0 bridgehead atoms. The molecule has 1 amide bonds. The molecule has 1 rings (SSSR count). The summed E-state index contributed by atoms with van der Waals surface area (Å²) in [5, 5.41) is 54.0. The van der Waals surface area contributed by atoms with Crippen LogP contribution in [0.3, 0.4) is 0 Å². The molecule has 9 nitrogen and oxygen atoms in total. The second-order valence-electron chi connectivity index (χ2n) is 16.5. The SMILES string of the molecule is CC/C=C\C/C=C\C/C=C\C/C=C\C/C=C\C/C=C\C/C=C\C/C=C\CCCCCCCCCCC(=O)NC(COC1OC(CO)C(O)C(O)C1O)C(O)/C=C/CC/C=C/CCCC. The van der Waals surface area contributed by atoms with Gasteiger partial charge in [-0.3, -0.25) is 4.79 Å². The van der Waals surface area contributed by atoms with E-state index < -0.39 is 49.5 Å². The van der Waals surface area contributed by atoms with Crippen LogP contribution in [0.15, 0.2) is 122 Å². The third-order valence-electron chi connectivity index (χ3n) is 10.8. The molecule has 9 heteroatoms. The Hall–Kier alpha value is -3.41. The lowest BCUT2D eigenvalue weighted by Crippen LogP contribution is -2.60. The summed E-state index contributed by atoms with van der Waals surface area (Å²) in [7, 11) is 0. The maximum atomic E-state index is 12.9. The van der Waals surface area contributed by atoms with Gasteiger partial charge in [-0.2, -0.15) is 0 Å². The molecule has 362 valence electrons. The van der Waals surface area contributed by atoms with Crippen LogP contribution < -0.4 is 5.32 Å². The highest BCUT2D eigenvalue weighted by molar-refractivity contribution is 5.76. The third kappa shape index (κ3) is 33.1. The normalized spacial score (nSPS) is 21.1. The van der Waals surface area contributed by atoms with E-state index in [1.807, 2.05) is 6.08 Å². The van der Waals surface area contributed by atoms with Gasteiger partial charge < -0.3 is 40.3 Å². The number of carbonyl (C=O) groups is 1. The number of hydrogen-bond acceptors (Lipinski definition) is 8. The van der Waals surface area contributed by atoms with Crippen molar-refractivity contribution >= 4 is 5.91 Å². The molecule has 0 aromatic rings. The van der Waals surface area contributed by atoms with Crippen LogP contribution in [0.4, 0.5) is 0 Å². The summed E-state index contributed by atoms with van der Waals surface area (Å²) in [5.41, 5.74) is 0. The van der Waals surface area contributed by atoms with Gasteiger partial charge in [0.1, 0.15) is 24.4 Å². The van der Waals surface area contributed by atoms with Crippen molar-refractivity contribution in [2.45, 2.75) is 204 Å². The molecule has 1 heterocycles. The van der Waals surface area contributed by atoms with E-state index in [1.165, 1.54) is 25.7 Å². The Morgan fingerprint density at radius 1 is 0.547 bits per heavy atom. The van der Waals surface area contributed by atoms with Crippen LogP contribution in [-0.2, 0) is 14.3 Å². The van der Waals surface area contributed by atoms with Crippen molar-refractivity contribution in [3.05, 3.63) is 122 Å². The number of ether oxygens (including phenoxy) is 2. The summed E-state index contributed by atoms with van der Waals surface area (Å²) in [4.78, 5) is 12.9. The summed E-state index contributed by atoms with van der Waals surface area (Å²) in [6.45, 7) is 3.53. The number of amides is 1. The quantitative estimate of drug-likeness (QED) is 0.0264. The number of nitrogens with one attached hydrogen (secondary N) is 1. The minimum atomic E-state index is -1.58. The van der Waals surface area contributed by atoms with E-state index in [9.17, 15) is 30.3 Å². The molecule has 1 fully saturated rings. The second-order valence-corrected chi connectivity index (χ2v) is 16.5. The van der Waals surface area contributed by atoms with E-state index in [2.05, 4.69) is 129 Å². The Bertz CT molecular complexity index is 1410. The molecule has 0 radical (unpaired) electrons. The zero-order chi connectivity index (χ0) is 46.6. The summed E-state index contributed by atoms with van der Waals surface area (Å²) in [6, 6.07) is -0.832. The van der Waals surface area contributed by atoms with Crippen molar-refractivity contribution in [2.24, 2.45) is 0 Å². The van der Waals surface area contributed by atoms with Crippen LogP contribution in [0.5, 0.6) is 0 Å². The first-order valence-corrected chi connectivity index (χ1v) is 24.8. The van der Waals surface area contributed by atoms with Gasteiger partial charge in [-0.05, 0) is 89.9 Å². The van der Waals surface area contributed by atoms with E-state index in [0.29, 0.717) is 6.42 Å². The lowest BCUT2D eigenvalue weighted by Gasteiger charge is -2.40. The molecular formula is C55H89NO8. The Morgan fingerprint density at radius 2 is 0.984 bits per heavy atom. The first-order valence-electron chi connectivity index (χ1n) is 24.8. The molecule has 6 N–H and O–H groups in total. The number of aliphatic hydroxyl groups excluding tert-OH is 5. The average molecular weight is 892 g/mol. The van der Waals surface area contributed by atoms with Gasteiger partial charge in [0.15, 0.2) is 6.29 Å². The second kappa shape index (κ2) is 43.5. The zero-order valence-corrected chi connectivity index (χ0v) is 39.7. The van der Waals surface area contributed by atoms with Crippen molar-refractivity contribution in [1.29, 1.82) is 0 Å². The number of hydrogen-bond donors (Lipinski definition) is 6. The van der Waals surface area contributed by atoms with Gasteiger partial charge >= 0.3 is 0 Å². The summed E-state index contributed by atoms with van der Waals surface area (Å²) in [5.74, 6) is -0.206. The molecule has 1 saturated heterocycles. The Labute approximate surface area is 388 Å². The van der Waals surface area contributed by atoms with E-state index in [0.717, 1.165) is 116 Å². The van der Waals surface area contributed by atoms with Gasteiger partial charge in [0.05, 0.1) is 25.4 Å². The predicted octanol–water partition coefficient (Wildman–Crippen LogP) is 11.2. The van der Waals surface area contributed by atoms with Crippen molar-refractivity contribution in [3.8, 4) is 0 Å². The van der Waals surface area contributed by atoms with E-state index >= 15 is 0 Å². The largest absolute Gasteiger partial charge is 0.394 e. The number of unbranched alkanes of at least 4 members (excludes halogenated alkanes) is 11. The maximum absolute atomic E-state index is 12.9. The molecule has 0 aliphatic carbocycles.